The normalized spacial score (nSPS) is 40.2. The highest BCUT2D eigenvalue weighted by atomic mass is 16.4. The minimum absolute atomic E-state index is 0.115. The van der Waals surface area contributed by atoms with Crippen LogP contribution in [-0.2, 0) is 9.59 Å². The predicted octanol–water partition coefficient (Wildman–Crippen LogP) is 1.45. The minimum Gasteiger partial charge on any atom is -0.503 e. The van der Waals surface area contributed by atoms with Gasteiger partial charge >= 0.3 is 5.97 Å². The van der Waals surface area contributed by atoms with Crippen molar-refractivity contribution in [3.8, 4) is 0 Å². The van der Waals surface area contributed by atoms with Gasteiger partial charge in [0.15, 0.2) is 5.76 Å². The number of aliphatic hydroxyl groups is 1. The van der Waals surface area contributed by atoms with Gasteiger partial charge in [-0.3, -0.25) is 4.79 Å². The topological polar surface area (TPSA) is 86.6 Å². The van der Waals surface area contributed by atoms with E-state index in [1.165, 1.54) is 32.1 Å². The summed E-state index contributed by atoms with van der Waals surface area (Å²) >= 11 is 0. The highest BCUT2D eigenvalue weighted by Crippen LogP contribution is 2.53. The molecule has 4 saturated carbocycles. The third-order valence-corrected chi connectivity index (χ3v) is 5.02. The summed E-state index contributed by atoms with van der Waals surface area (Å²) in [7, 11) is 0. The molecule has 5 nitrogen and oxygen atoms in total. The van der Waals surface area contributed by atoms with Crippen molar-refractivity contribution in [1.29, 1.82) is 0 Å². The highest BCUT2D eigenvalue weighted by Gasteiger charge is 2.48. The van der Waals surface area contributed by atoms with Crippen LogP contribution in [0.1, 0.15) is 32.1 Å². The van der Waals surface area contributed by atoms with E-state index in [-0.39, 0.29) is 6.04 Å². The molecule has 0 unspecified atom stereocenters. The first-order chi connectivity index (χ1) is 9.02. The third-order valence-electron chi connectivity index (χ3n) is 5.02. The molecule has 0 heterocycles. The second kappa shape index (κ2) is 4.54. The van der Waals surface area contributed by atoms with Crippen molar-refractivity contribution < 1.29 is 19.8 Å². The van der Waals surface area contributed by atoms with Gasteiger partial charge in [-0.1, -0.05) is 0 Å². The number of aliphatic carboxylic acids is 1. The molecule has 0 radical (unpaired) electrons. The number of rotatable bonds is 3. The van der Waals surface area contributed by atoms with E-state index in [1.807, 2.05) is 0 Å². The van der Waals surface area contributed by atoms with Gasteiger partial charge in [-0.05, 0) is 55.8 Å². The van der Waals surface area contributed by atoms with Crippen LogP contribution in [0.2, 0.25) is 0 Å². The zero-order valence-electron chi connectivity index (χ0n) is 10.7. The second-order valence-electron chi connectivity index (χ2n) is 6.30. The molecule has 0 saturated heterocycles. The molecule has 0 aromatic carbocycles. The van der Waals surface area contributed by atoms with E-state index in [1.54, 1.807) is 0 Å². The largest absolute Gasteiger partial charge is 0.503 e. The zero-order valence-corrected chi connectivity index (χ0v) is 10.7. The summed E-state index contributed by atoms with van der Waals surface area (Å²) in [6, 6.07) is 0.115. The molecule has 1 amide bonds. The average Bonchev–Trinajstić information content (AvgIpc) is 2.31. The van der Waals surface area contributed by atoms with E-state index in [0.717, 1.165) is 11.8 Å². The summed E-state index contributed by atoms with van der Waals surface area (Å²) in [6.07, 6.45) is 6.56. The Morgan fingerprint density at radius 2 is 1.47 bits per heavy atom. The van der Waals surface area contributed by atoms with Crippen molar-refractivity contribution >= 4 is 11.9 Å². The Kier molecular flexibility index (Phi) is 2.99. The molecule has 0 aromatic rings. The Morgan fingerprint density at radius 3 is 1.95 bits per heavy atom. The molecule has 4 aliphatic rings. The van der Waals surface area contributed by atoms with Gasteiger partial charge in [-0.25, -0.2) is 4.79 Å². The van der Waals surface area contributed by atoms with Crippen molar-refractivity contribution in [3.63, 3.8) is 0 Å². The maximum Gasteiger partial charge on any atom is 0.332 e. The SMILES string of the molecule is O=C(O)/C=C(\O)C(=O)NC1C2CC3CC(C2)CC1C3. The van der Waals surface area contributed by atoms with Gasteiger partial charge in [0.1, 0.15) is 0 Å². The number of carboxylic acids is 1. The molecule has 19 heavy (non-hydrogen) atoms. The standard InChI is InChI=1S/C14H19NO4/c16-11(6-12(17)18)14(19)15-13-9-2-7-1-8(4-9)5-10(13)3-7/h6-10,13,16H,1-5H2,(H,15,19)(H,17,18)/b11-6-. The Labute approximate surface area is 111 Å². The quantitative estimate of drug-likeness (QED) is 0.532. The van der Waals surface area contributed by atoms with Crippen LogP contribution in [-0.4, -0.2) is 28.1 Å². The fourth-order valence-corrected chi connectivity index (χ4v) is 4.57. The molecule has 4 bridgehead atoms. The van der Waals surface area contributed by atoms with Crippen molar-refractivity contribution in [2.24, 2.45) is 23.7 Å². The Hall–Kier alpha value is -1.52. The van der Waals surface area contributed by atoms with Crippen LogP contribution >= 0.6 is 0 Å². The van der Waals surface area contributed by atoms with Crippen LogP contribution < -0.4 is 5.32 Å². The van der Waals surface area contributed by atoms with E-state index >= 15 is 0 Å². The Morgan fingerprint density at radius 1 is 0.947 bits per heavy atom. The first kappa shape index (κ1) is 12.5. The number of hydrogen-bond donors (Lipinski definition) is 3. The second-order valence-corrected chi connectivity index (χ2v) is 6.30. The Bertz CT molecular complexity index is 415. The van der Waals surface area contributed by atoms with Gasteiger partial charge in [0.25, 0.3) is 5.91 Å². The number of aliphatic hydroxyl groups excluding tert-OH is 1. The molecule has 0 atom stereocenters. The van der Waals surface area contributed by atoms with Gasteiger partial charge in [-0.2, -0.15) is 0 Å². The van der Waals surface area contributed by atoms with E-state index in [0.29, 0.717) is 17.9 Å². The molecule has 5 heteroatoms. The molecule has 104 valence electrons. The lowest BCUT2D eigenvalue weighted by atomic mass is 9.54. The van der Waals surface area contributed by atoms with Crippen LogP contribution in [0, 0.1) is 23.7 Å². The molecular formula is C14H19NO4. The summed E-state index contributed by atoms with van der Waals surface area (Å²) in [5, 5.41) is 20.8. The molecule has 4 rings (SSSR count). The van der Waals surface area contributed by atoms with E-state index in [2.05, 4.69) is 5.32 Å². The van der Waals surface area contributed by atoms with Crippen LogP contribution in [0.25, 0.3) is 0 Å². The minimum atomic E-state index is -1.31. The number of hydrogen-bond acceptors (Lipinski definition) is 3. The summed E-state index contributed by atoms with van der Waals surface area (Å²) in [4.78, 5) is 22.2. The van der Waals surface area contributed by atoms with Crippen LogP contribution in [0.5, 0.6) is 0 Å². The van der Waals surface area contributed by atoms with Crippen molar-refractivity contribution in [1.82, 2.24) is 5.32 Å². The summed E-state index contributed by atoms with van der Waals surface area (Å²) in [6.45, 7) is 0. The van der Waals surface area contributed by atoms with Crippen LogP contribution in [0.15, 0.2) is 11.8 Å². The maximum atomic E-state index is 11.8. The van der Waals surface area contributed by atoms with E-state index in [4.69, 9.17) is 5.11 Å². The maximum absolute atomic E-state index is 11.8. The molecular weight excluding hydrogens is 246 g/mol. The molecule has 0 spiro atoms. The van der Waals surface area contributed by atoms with Gasteiger partial charge in [0.05, 0.1) is 6.08 Å². The van der Waals surface area contributed by atoms with E-state index < -0.39 is 17.6 Å². The zero-order chi connectivity index (χ0) is 13.6. The molecule has 4 aliphatic carbocycles. The van der Waals surface area contributed by atoms with Crippen molar-refractivity contribution in [2.75, 3.05) is 0 Å². The van der Waals surface area contributed by atoms with Crippen molar-refractivity contribution in [2.45, 2.75) is 38.1 Å². The number of carboxylic acid groups (broad SMARTS) is 1. The van der Waals surface area contributed by atoms with Crippen LogP contribution in [0.4, 0.5) is 0 Å². The Balaban J connectivity index is 1.67. The van der Waals surface area contributed by atoms with E-state index in [9.17, 15) is 14.7 Å². The number of nitrogens with one attached hydrogen (secondary N) is 1. The van der Waals surface area contributed by atoms with Gasteiger partial charge in [-0.15, -0.1) is 0 Å². The fraction of sp³-hybridized carbons (Fsp3) is 0.714. The van der Waals surface area contributed by atoms with Gasteiger partial charge in [0.2, 0.25) is 0 Å². The van der Waals surface area contributed by atoms with Gasteiger partial charge < -0.3 is 15.5 Å². The molecule has 0 aromatic heterocycles. The first-order valence-corrected chi connectivity index (χ1v) is 6.97. The number of carbonyl (C=O) groups is 2. The fourth-order valence-electron chi connectivity index (χ4n) is 4.57. The molecule has 3 N–H and O–H groups in total. The van der Waals surface area contributed by atoms with Crippen molar-refractivity contribution in [3.05, 3.63) is 11.8 Å². The monoisotopic (exact) mass is 265 g/mol. The van der Waals surface area contributed by atoms with Crippen LogP contribution in [0.3, 0.4) is 0 Å². The average molecular weight is 265 g/mol. The third kappa shape index (κ3) is 2.33. The van der Waals surface area contributed by atoms with Gasteiger partial charge in [0, 0.05) is 6.04 Å². The highest BCUT2D eigenvalue weighted by molar-refractivity contribution is 5.97. The lowest BCUT2D eigenvalue weighted by Gasteiger charge is -2.54. The lowest BCUT2D eigenvalue weighted by molar-refractivity contribution is -0.132. The predicted molar refractivity (Wildman–Crippen MR) is 67.3 cm³/mol. The molecule has 0 aliphatic heterocycles. The number of carbonyl (C=O) groups excluding carboxylic acids is 1. The summed E-state index contributed by atoms with van der Waals surface area (Å²) < 4.78 is 0. The number of amides is 1. The summed E-state index contributed by atoms with van der Waals surface area (Å²) in [5.74, 6) is -0.00723. The summed E-state index contributed by atoms with van der Waals surface area (Å²) in [5.41, 5.74) is 0. The lowest BCUT2D eigenvalue weighted by Crippen LogP contribution is -2.56. The first-order valence-electron chi connectivity index (χ1n) is 6.97. The smallest absolute Gasteiger partial charge is 0.332 e. The molecule has 4 fully saturated rings.